The fourth-order valence-electron chi connectivity index (χ4n) is 2.96. The molecule has 154 valence electrons. The highest BCUT2D eigenvalue weighted by Crippen LogP contribution is 2.26. The molecular weight excluding hydrogens is 413 g/mol. The number of ether oxygens (including phenoxy) is 1. The predicted molar refractivity (Wildman–Crippen MR) is 108 cm³/mol. The molecule has 2 N–H and O–H groups in total. The SMILES string of the molecule is COc1ccc2c(c1)C(=O)N(C[C@@H](C#Cc1ccc(Cl)c(F)c1)NC(=O)NC=O)C2. The summed E-state index contributed by atoms with van der Waals surface area (Å²) >= 11 is 5.67. The number of carbonyl (C=O) groups is 3. The first-order chi connectivity index (χ1) is 14.4. The number of fused-ring (bicyclic) bond motifs is 1. The van der Waals surface area contributed by atoms with Crippen molar-refractivity contribution in [2.75, 3.05) is 13.7 Å². The number of nitrogens with zero attached hydrogens (tertiary/aromatic N) is 1. The standard InChI is InChI=1S/C21H17ClFN3O4/c1-30-16-6-4-14-10-26(20(28)17(14)9-16)11-15(25-21(29)24-12-27)5-2-13-3-7-18(22)19(23)8-13/h3-4,6-9,12,15H,10-11H2,1H3,(H2,24,25,27,29)/t15-/m1/s1. The molecule has 0 saturated heterocycles. The van der Waals surface area contributed by atoms with Crippen LogP contribution in [-0.4, -0.2) is 42.9 Å². The molecule has 0 fully saturated rings. The fourth-order valence-corrected chi connectivity index (χ4v) is 3.08. The molecule has 2 aromatic carbocycles. The summed E-state index contributed by atoms with van der Waals surface area (Å²) < 4.78 is 18.8. The number of rotatable bonds is 5. The minimum atomic E-state index is -0.816. The third-order valence-corrected chi connectivity index (χ3v) is 4.71. The van der Waals surface area contributed by atoms with E-state index in [1.54, 1.807) is 18.2 Å². The highest BCUT2D eigenvalue weighted by molar-refractivity contribution is 6.30. The molecule has 0 aliphatic carbocycles. The second-order valence-corrected chi connectivity index (χ2v) is 6.80. The second kappa shape index (κ2) is 9.29. The van der Waals surface area contributed by atoms with Crippen molar-refractivity contribution in [1.29, 1.82) is 0 Å². The Hall–Kier alpha value is -3.57. The van der Waals surface area contributed by atoms with E-state index < -0.39 is 17.9 Å². The van der Waals surface area contributed by atoms with E-state index in [1.807, 2.05) is 5.32 Å². The molecule has 3 rings (SSSR count). The Morgan fingerprint density at radius 2 is 2.17 bits per heavy atom. The number of nitrogens with one attached hydrogen (secondary N) is 2. The Balaban J connectivity index is 1.80. The van der Waals surface area contributed by atoms with Crippen LogP contribution >= 0.6 is 11.6 Å². The van der Waals surface area contributed by atoms with Gasteiger partial charge in [0.15, 0.2) is 0 Å². The number of amides is 4. The molecule has 4 amide bonds. The quantitative estimate of drug-likeness (QED) is 0.564. The molecule has 1 atom stereocenters. The molecule has 9 heteroatoms. The van der Waals surface area contributed by atoms with E-state index in [0.29, 0.717) is 23.4 Å². The van der Waals surface area contributed by atoms with E-state index in [9.17, 15) is 18.8 Å². The molecular formula is C21H17ClFN3O4. The van der Waals surface area contributed by atoms with E-state index >= 15 is 0 Å². The summed E-state index contributed by atoms with van der Waals surface area (Å²) in [5.74, 6) is 5.27. The Labute approximate surface area is 177 Å². The molecule has 1 heterocycles. The van der Waals surface area contributed by atoms with E-state index in [0.717, 1.165) is 5.56 Å². The molecule has 2 aromatic rings. The number of imide groups is 1. The van der Waals surface area contributed by atoms with Crippen molar-refractivity contribution in [3.63, 3.8) is 0 Å². The first-order valence-electron chi connectivity index (χ1n) is 8.84. The van der Waals surface area contributed by atoms with Crippen molar-refractivity contribution in [2.45, 2.75) is 12.6 Å². The predicted octanol–water partition coefficient (Wildman–Crippen LogP) is 2.32. The number of urea groups is 1. The fraction of sp³-hybridized carbons (Fsp3) is 0.190. The van der Waals surface area contributed by atoms with Crippen molar-refractivity contribution in [2.24, 2.45) is 0 Å². The molecule has 0 spiro atoms. The maximum Gasteiger partial charge on any atom is 0.322 e. The Morgan fingerprint density at radius 1 is 1.37 bits per heavy atom. The Kier molecular flexibility index (Phi) is 6.54. The highest BCUT2D eigenvalue weighted by atomic mass is 35.5. The first-order valence-corrected chi connectivity index (χ1v) is 9.22. The average molecular weight is 430 g/mol. The lowest BCUT2D eigenvalue weighted by Gasteiger charge is -2.21. The number of benzene rings is 2. The van der Waals surface area contributed by atoms with E-state index in [2.05, 4.69) is 17.2 Å². The summed E-state index contributed by atoms with van der Waals surface area (Å²) in [5.41, 5.74) is 1.68. The lowest BCUT2D eigenvalue weighted by Crippen LogP contribution is -2.46. The lowest BCUT2D eigenvalue weighted by atomic mass is 10.1. The van der Waals surface area contributed by atoms with Gasteiger partial charge in [-0.2, -0.15) is 0 Å². The zero-order valence-corrected chi connectivity index (χ0v) is 16.6. The van der Waals surface area contributed by atoms with Gasteiger partial charge in [0.05, 0.1) is 18.7 Å². The van der Waals surface area contributed by atoms with Gasteiger partial charge in [0.1, 0.15) is 17.6 Å². The van der Waals surface area contributed by atoms with Crippen LogP contribution in [0.5, 0.6) is 5.75 Å². The summed E-state index contributed by atoms with van der Waals surface area (Å²) in [7, 11) is 1.51. The number of methoxy groups -OCH3 is 1. The third kappa shape index (κ3) is 4.88. The van der Waals surface area contributed by atoms with Crippen LogP contribution in [0.1, 0.15) is 21.5 Å². The Morgan fingerprint density at radius 3 is 2.87 bits per heavy atom. The second-order valence-electron chi connectivity index (χ2n) is 6.40. The minimum Gasteiger partial charge on any atom is -0.497 e. The van der Waals surface area contributed by atoms with Gasteiger partial charge in [-0.15, -0.1) is 0 Å². The monoisotopic (exact) mass is 429 g/mol. The topological polar surface area (TPSA) is 87.7 Å². The van der Waals surface area contributed by atoms with Crippen LogP contribution in [0, 0.1) is 17.7 Å². The minimum absolute atomic E-state index is 0.0311. The van der Waals surface area contributed by atoms with Gasteiger partial charge in [0.2, 0.25) is 6.41 Å². The molecule has 0 radical (unpaired) electrons. The van der Waals surface area contributed by atoms with Crippen molar-refractivity contribution < 1.29 is 23.5 Å². The van der Waals surface area contributed by atoms with Gasteiger partial charge < -0.3 is 15.0 Å². The largest absolute Gasteiger partial charge is 0.497 e. The van der Waals surface area contributed by atoms with E-state index in [-0.39, 0.29) is 23.9 Å². The summed E-state index contributed by atoms with van der Waals surface area (Å²) in [4.78, 5) is 36.6. The van der Waals surface area contributed by atoms with Gasteiger partial charge in [-0.3, -0.25) is 14.9 Å². The number of hydrogen-bond donors (Lipinski definition) is 2. The molecule has 1 aliphatic heterocycles. The Bertz CT molecular complexity index is 1060. The molecule has 0 bridgehead atoms. The van der Waals surface area contributed by atoms with Gasteiger partial charge in [-0.1, -0.05) is 29.5 Å². The number of carbonyl (C=O) groups excluding carboxylic acids is 3. The van der Waals surface area contributed by atoms with Crippen LogP contribution in [-0.2, 0) is 11.3 Å². The van der Waals surface area contributed by atoms with Crippen molar-refractivity contribution in [3.8, 4) is 17.6 Å². The lowest BCUT2D eigenvalue weighted by molar-refractivity contribution is -0.108. The smallest absolute Gasteiger partial charge is 0.322 e. The van der Waals surface area contributed by atoms with Crippen LogP contribution in [0.25, 0.3) is 0 Å². The average Bonchev–Trinajstić information content (AvgIpc) is 3.03. The molecule has 30 heavy (non-hydrogen) atoms. The van der Waals surface area contributed by atoms with Crippen LogP contribution in [0.15, 0.2) is 36.4 Å². The van der Waals surface area contributed by atoms with Crippen LogP contribution in [0.3, 0.4) is 0 Å². The number of hydrogen-bond acceptors (Lipinski definition) is 4. The molecule has 1 aliphatic rings. The molecule has 7 nitrogen and oxygen atoms in total. The van der Waals surface area contributed by atoms with E-state index in [1.165, 1.54) is 30.2 Å². The molecule has 0 saturated carbocycles. The van der Waals surface area contributed by atoms with Gasteiger partial charge in [0, 0.05) is 17.7 Å². The normalized spacial score (nSPS) is 13.0. The molecule has 0 unspecified atom stereocenters. The van der Waals surface area contributed by atoms with Crippen molar-refractivity contribution in [1.82, 2.24) is 15.5 Å². The third-order valence-electron chi connectivity index (χ3n) is 4.40. The molecule has 0 aromatic heterocycles. The summed E-state index contributed by atoms with van der Waals surface area (Å²) in [5, 5.41) is 4.45. The van der Waals surface area contributed by atoms with Gasteiger partial charge in [-0.05, 0) is 35.9 Å². The maximum absolute atomic E-state index is 13.6. The number of halogens is 2. The van der Waals surface area contributed by atoms with Gasteiger partial charge in [0.25, 0.3) is 5.91 Å². The summed E-state index contributed by atoms with van der Waals surface area (Å²) in [6, 6.07) is 7.71. The van der Waals surface area contributed by atoms with Crippen molar-refractivity contribution >= 4 is 29.9 Å². The van der Waals surface area contributed by atoms with Crippen molar-refractivity contribution in [3.05, 3.63) is 63.9 Å². The first kappa shape index (κ1) is 21.1. The summed E-state index contributed by atoms with van der Waals surface area (Å²) in [6.45, 7) is 0.397. The van der Waals surface area contributed by atoms with Crippen LogP contribution in [0.4, 0.5) is 9.18 Å². The maximum atomic E-state index is 13.6. The zero-order chi connectivity index (χ0) is 21.7. The van der Waals surface area contributed by atoms with Gasteiger partial charge in [-0.25, -0.2) is 9.18 Å². The van der Waals surface area contributed by atoms with Crippen LogP contribution in [0.2, 0.25) is 5.02 Å². The van der Waals surface area contributed by atoms with Crippen LogP contribution < -0.4 is 15.4 Å². The van der Waals surface area contributed by atoms with E-state index in [4.69, 9.17) is 16.3 Å². The zero-order valence-electron chi connectivity index (χ0n) is 15.9. The summed E-state index contributed by atoms with van der Waals surface area (Å²) in [6.07, 6.45) is 0.234. The highest BCUT2D eigenvalue weighted by Gasteiger charge is 2.29. The van der Waals surface area contributed by atoms with Gasteiger partial charge >= 0.3 is 6.03 Å².